The zero-order valence-electron chi connectivity index (χ0n) is 21.3. The number of unbranched alkanes of at least 4 members (excludes halogenated alkanes) is 1. The molecule has 0 N–H and O–H groups in total. The van der Waals surface area contributed by atoms with E-state index in [-0.39, 0.29) is 0 Å². The standard InChI is InChI=1S/C30H33Cl2N3O2/c1-2-3-16-35-29-21-23(36-18-17-34-14-5-4-6-15-34)11-13-28(29)33-30(35)22-8-7-9-24(19-22)37-25-10-12-26(31)27(32)20-25/h7-13,19-21H,2-6,14-18H2,1H3. The SMILES string of the molecule is CCCCn1c(-c2cccc(Oc3ccc(Cl)c(Cl)c3)c2)nc2ccc(OCCN3CCCCC3)cc21. The lowest BCUT2D eigenvalue weighted by atomic mass is 10.1. The molecule has 0 amide bonds. The molecule has 7 heteroatoms. The van der Waals surface area contributed by atoms with Crippen molar-refractivity contribution in [2.75, 3.05) is 26.2 Å². The van der Waals surface area contributed by atoms with Gasteiger partial charge in [-0.25, -0.2) is 4.98 Å². The molecule has 5 rings (SSSR count). The Balaban J connectivity index is 1.39. The van der Waals surface area contributed by atoms with Crippen LogP contribution in [0.3, 0.4) is 0 Å². The van der Waals surface area contributed by atoms with Crippen LogP contribution < -0.4 is 9.47 Å². The van der Waals surface area contributed by atoms with Crippen molar-refractivity contribution in [1.29, 1.82) is 0 Å². The molecular weight excluding hydrogens is 505 g/mol. The predicted octanol–water partition coefficient (Wildman–Crippen LogP) is 8.47. The van der Waals surface area contributed by atoms with Gasteiger partial charge in [0.1, 0.15) is 29.7 Å². The first-order valence-corrected chi connectivity index (χ1v) is 13.9. The second-order valence-electron chi connectivity index (χ2n) is 9.55. The Morgan fingerprint density at radius 2 is 1.65 bits per heavy atom. The minimum Gasteiger partial charge on any atom is -0.492 e. The van der Waals surface area contributed by atoms with Crippen molar-refractivity contribution in [3.05, 3.63) is 70.7 Å². The summed E-state index contributed by atoms with van der Waals surface area (Å²) in [5.74, 6) is 3.17. The van der Waals surface area contributed by atoms with E-state index in [2.05, 4.69) is 34.6 Å². The smallest absolute Gasteiger partial charge is 0.141 e. The highest BCUT2D eigenvalue weighted by Crippen LogP contribution is 2.33. The lowest BCUT2D eigenvalue weighted by molar-refractivity contribution is 0.183. The highest BCUT2D eigenvalue weighted by molar-refractivity contribution is 6.42. The number of aromatic nitrogens is 2. The van der Waals surface area contributed by atoms with E-state index < -0.39 is 0 Å². The molecule has 2 heterocycles. The molecule has 0 bridgehead atoms. The van der Waals surface area contributed by atoms with Gasteiger partial charge in [-0.15, -0.1) is 0 Å². The molecule has 4 aromatic rings. The second-order valence-corrected chi connectivity index (χ2v) is 10.4. The van der Waals surface area contributed by atoms with Gasteiger partial charge >= 0.3 is 0 Å². The van der Waals surface area contributed by atoms with Gasteiger partial charge in [0.05, 0.1) is 21.1 Å². The first kappa shape index (κ1) is 25.9. The van der Waals surface area contributed by atoms with Crippen LogP contribution in [0.5, 0.6) is 17.2 Å². The lowest BCUT2D eigenvalue weighted by Crippen LogP contribution is -2.33. The molecule has 0 spiro atoms. The molecule has 0 radical (unpaired) electrons. The fourth-order valence-electron chi connectivity index (χ4n) is 4.81. The minimum absolute atomic E-state index is 0.464. The third-order valence-corrected chi connectivity index (χ3v) is 7.54. The molecule has 3 aromatic carbocycles. The summed E-state index contributed by atoms with van der Waals surface area (Å²) in [6, 6.07) is 19.5. The van der Waals surface area contributed by atoms with Crippen molar-refractivity contribution in [3.63, 3.8) is 0 Å². The van der Waals surface area contributed by atoms with Crippen LogP contribution >= 0.6 is 23.2 Å². The Bertz CT molecular complexity index is 1350. The van der Waals surface area contributed by atoms with Crippen molar-refractivity contribution < 1.29 is 9.47 Å². The number of benzene rings is 3. The van der Waals surface area contributed by atoms with E-state index in [1.807, 2.05) is 30.3 Å². The molecule has 1 aliphatic rings. The summed E-state index contributed by atoms with van der Waals surface area (Å²) >= 11 is 12.2. The maximum atomic E-state index is 6.17. The van der Waals surface area contributed by atoms with E-state index in [4.69, 9.17) is 37.7 Å². The molecule has 1 aliphatic heterocycles. The van der Waals surface area contributed by atoms with Crippen molar-refractivity contribution in [2.24, 2.45) is 0 Å². The van der Waals surface area contributed by atoms with Crippen LogP contribution in [-0.4, -0.2) is 40.7 Å². The van der Waals surface area contributed by atoms with Gasteiger partial charge in [0.2, 0.25) is 0 Å². The molecule has 37 heavy (non-hydrogen) atoms. The summed E-state index contributed by atoms with van der Waals surface area (Å²) in [7, 11) is 0. The maximum Gasteiger partial charge on any atom is 0.141 e. The third kappa shape index (κ3) is 6.40. The monoisotopic (exact) mass is 537 g/mol. The van der Waals surface area contributed by atoms with E-state index in [1.54, 1.807) is 12.1 Å². The van der Waals surface area contributed by atoms with E-state index in [1.165, 1.54) is 32.4 Å². The van der Waals surface area contributed by atoms with Crippen molar-refractivity contribution >= 4 is 34.2 Å². The van der Waals surface area contributed by atoms with Crippen LogP contribution in [0.2, 0.25) is 10.0 Å². The summed E-state index contributed by atoms with van der Waals surface area (Å²) in [5, 5.41) is 0.966. The Kier molecular flexibility index (Phi) is 8.55. The largest absolute Gasteiger partial charge is 0.492 e. The molecule has 1 fully saturated rings. The fourth-order valence-corrected chi connectivity index (χ4v) is 5.09. The fraction of sp³-hybridized carbons (Fsp3) is 0.367. The molecule has 0 unspecified atom stereocenters. The van der Waals surface area contributed by atoms with Gasteiger partial charge in [-0.2, -0.15) is 0 Å². The first-order chi connectivity index (χ1) is 18.1. The summed E-state index contributed by atoms with van der Waals surface area (Å²) in [6.45, 7) is 7.14. The van der Waals surface area contributed by atoms with Crippen LogP contribution in [-0.2, 0) is 6.54 Å². The van der Waals surface area contributed by atoms with Crippen LogP contribution in [0.4, 0.5) is 0 Å². The molecule has 0 saturated carbocycles. The van der Waals surface area contributed by atoms with Crippen molar-refractivity contribution in [2.45, 2.75) is 45.6 Å². The molecule has 1 aromatic heterocycles. The van der Waals surface area contributed by atoms with Crippen LogP contribution in [0.15, 0.2) is 60.7 Å². The van der Waals surface area contributed by atoms with Gasteiger partial charge < -0.3 is 14.0 Å². The number of hydrogen-bond acceptors (Lipinski definition) is 4. The number of imidazole rings is 1. The third-order valence-electron chi connectivity index (χ3n) is 6.80. The number of hydrogen-bond donors (Lipinski definition) is 0. The number of nitrogens with zero attached hydrogens (tertiary/aromatic N) is 3. The van der Waals surface area contributed by atoms with Gasteiger partial charge in [0, 0.05) is 30.8 Å². The summed E-state index contributed by atoms with van der Waals surface area (Å²) in [6.07, 6.45) is 6.11. The van der Waals surface area contributed by atoms with Crippen LogP contribution in [0.1, 0.15) is 39.0 Å². The molecule has 0 aliphatic carbocycles. The van der Waals surface area contributed by atoms with Gasteiger partial charge in [-0.1, -0.05) is 55.1 Å². The molecular formula is C30H33Cl2N3O2. The number of aryl methyl sites for hydroxylation is 1. The van der Waals surface area contributed by atoms with Crippen LogP contribution in [0, 0.1) is 0 Å². The van der Waals surface area contributed by atoms with Crippen LogP contribution in [0.25, 0.3) is 22.4 Å². The van der Waals surface area contributed by atoms with Crippen molar-refractivity contribution in [3.8, 4) is 28.6 Å². The maximum absolute atomic E-state index is 6.17. The van der Waals surface area contributed by atoms with E-state index in [0.29, 0.717) is 28.2 Å². The second kappa shape index (κ2) is 12.2. The highest BCUT2D eigenvalue weighted by Gasteiger charge is 2.15. The zero-order chi connectivity index (χ0) is 25.6. The molecule has 1 saturated heterocycles. The number of piperidine rings is 1. The topological polar surface area (TPSA) is 39.5 Å². The minimum atomic E-state index is 0.464. The number of halogens is 2. The van der Waals surface area contributed by atoms with E-state index >= 15 is 0 Å². The molecule has 194 valence electrons. The zero-order valence-corrected chi connectivity index (χ0v) is 22.8. The summed E-state index contributed by atoms with van der Waals surface area (Å²) in [5.41, 5.74) is 3.05. The Morgan fingerprint density at radius 3 is 2.46 bits per heavy atom. The lowest BCUT2D eigenvalue weighted by Gasteiger charge is -2.26. The van der Waals surface area contributed by atoms with Gasteiger partial charge in [0.15, 0.2) is 0 Å². The molecule has 0 atom stereocenters. The quantitative estimate of drug-likeness (QED) is 0.203. The van der Waals surface area contributed by atoms with E-state index in [9.17, 15) is 0 Å². The normalized spacial score (nSPS) is 14.2. The Labute approximate surface area is 228 Å². The number of likely N-dealkylation sites (tertiary alicyclic amines) is 1. The summed E-state index contributed by atoms with van der Waals surface area (Å²) in [4.78, 5) is 7.51. The van der Waals surface area contributed by atoms with E-state index in [0.717, 1.165) is 54.1 Å². The van der Waals surface area contributed by atoms with Crippen molar-refractivity contribution in [1.82, 2.24) is 14.5 Å². The number of ether oxygens (including phenoxy) is 2. The Hall–Kier alpha value is -2.73. The van der Waals surface area contributed by atoms with Gasteiger partial charge in [0.25, 0.3) is 0 Å². The molecule has 5 nitrogen and oxygen atoms in total. The average molecular weight is 539 g/mol. The predicted molar refractivity (Wildman–Crippen MR) is 152 cm³/mol. The first-order valence-electron chi connectivity index (χ1n) is 13.2. The Morgan fingerprint density at radius 1 is 0.838 bits per heavy atom. The number of rotatable bonds is 10. The van der Waals surface area contributed by atoms with Gasteiger partial charge in [-0.3, -0.25) is 4.90 Å². The van der Waals surface area contributed by atoms with Gasteiger partial charge in [-0.05, 0) is 68.8 Å². The average Bonchev–Trinajstić information content (AvgIpc) is 3.28. The highest BCUT2D eigenvalue weighted by atomic mass is 35.5. The number of fused-ring (bicyclic) bond motifs is 1. The summed E-state index contributed by atoms with van der Waals surface area (Å²) < 4.78 is 14.6.